The molecule has 5 heteroatoms. The van der Waals surface area contributed by atoms with Crippen molar-refractivity contribution in [3.05, 3.63) is 35.4 Å². The molecule has 1 aromatic rings. The second-order valence-corrected chi connectivity index (χ2v) is 7.42. The summed E-state index contributed by atoms with van der Waals surface area (Å²) in [6.45, 7) is 3.79. The third-order valence-corrected chi connectivity index (χ3v) is 5.30. The summed E-state index contributed by atoms with van der Waals surface area (Å²) in [4.78, 5) is 0. The Kier molecular flexibility index (Phi) is 4.83. The minimum Gasteiger partial charge on any atom is -0.381 e. The van der Waals surface area contributed by atoms with Gasteiger partial charge in [0.25, 0.3) is 0 Å². The molecule has 0 radical (unpaired) electrons. The molecular formula is C15H23NO3S. The van der Waals surface area contributed by atoms with E-state index >= 15 is 0 Å². The van der Waals surface area contributed by atoms with Crippen LogP contribution in [0.2, 0.25) is 0 Å². The molecule has 1 aromatic carbocycles. The lowest BCUT2D eigenvalue weighted by Gasteiger charge is -2.21. The van der Waals surface area contributed by atoms with Crippen LogP contribution in [0.15, 0.2) is 24.3 Å². The van der Waals surface area contributed by atoms with Crippen LogP contribution in [0.5, 0.6) is 0 Å². The van der Waals surface area contributed by atoms with E-state index in [-0.39, 0.29) is 17.9 Å². The third kappa shape index (κ3) is 4.04. The minimum atomic E-state index is -3.34. The average molecular weight is 297 g/mol. The van der Waals surface area contributed by atoms with Crippen LogP contribution < -0.4 is 4.72 Å². The summed E-state index contributed by atoms with van der Waals surface area (Å²) in [6, 6.07) is 7.87. The van der Waals surface area contributed by atoms with Crippen LogP contribution in [0, 0.1) is 12.8 Å². The van der Waals surface area contributed by atoms with Crippen molar-refractivity contribution in [1.29, 1.82) is 0 Å². The average Bonchev–Trinajstić information content (AvgIpc) is 3.20. The number of benzene rings is 1. The molecule has 1 aliphatic carbocycles. The summed E-state index contributed by atoms with van der Waals surface area (Å²) in [5.41, 5.74) is 2.22. The smallest absolute Gasteiger partial charge is 0.214 e. The molecule has 0 aromatic heterocycles. The Morgan fingerprint density at radius 2 is 2.00 bits per heavy atom. The number of nitrogens with one attached hydrogen (secondary N) is 1. The zero-order valence-electron chi connectivity index (χ0n) is 12.3. The quantitative estimate of drug-likeness (QED) is 0.841. The Morgan fingerprint density at radius 3 is 2.55 bits per heavy atom. The van der Waals surface area contributed by atoms with Crippen molar-refractivity contribution in [2.24, 2.45) is 5.92 Å². The van der Waals surface area contributed by atoms with Crippen LogP contribution in [0.3, 0.4) is 0 Å². The molecule has 1 fully saturated rings. The van der Waals surface area contributed by atoms with Gasteiger partial charge >= 0.3 is 0 Å². The number of hydrogen-bond donors (Lipinski definition) is 1. The molecule has 0 aliphatic heterocycles. The SMILES string of the molecule is COC(C)CS(=O)(=O)NC(c1ccccc1C)C1CC1. The Bertz CT molecular complexity index is 552. The van der Waals surface area contributed by atoms with Crippen LogP contribution in [-0.4, -0.2) is 27.4 Å². The van der Waals surface area contributed by atoms with E-state index < -0.39 is 10.0 Å². The molecule has 112 valence electrons. The van der Waals surface area contributed by atoms with Crippen molar-refractivity contribution in [3.63, 3.8) is 0 Å². The van der Waals surface area contributed by atoms with Gasteiger partial charge in [-0.05, 0) is 43.7 Å². The highest BCUT2D eigenvalue weighted by atomic mass is 32.2. The molecule has 2 atom stereocenters. The topological polar surface area (TPSA) is 55.4 Å². The van der Waals surface area contributed by atoms with E-state index in [9.17, 15) is 8.42 Å². The monoisotopic (exact) mass is 297 g/mol. The molecule has 0 amide bonds. The van der Waals surface area contributed by atoms with Crippen molar-refractivity contribution in [2.45, 2.75) is 38.8 Å². The van der Waals surface area contributed by atoms with Gasteiger partial charge in [0.15, 0.2) is 0 Å². The van der Waals surface area contributed by atoms with Gasteiger partial charge in [0.2, 0.25) is 10.0 Å². The number of aryl methyl sites for hydroxylation is 1. The summed E-state index contributed by atoms with van der Waals surface area (Å²) in [5, 5.41) is 0. The number of hydrogen-bond acceptors (Lipinski definition) is 3. The van der Waals surface area contributed by atoms with Crippen LogP contribution in [0.1, 0.15) is 36.9 Å². The number of methoxy groups -OCH3 is 1. The second-order valence-electron chi connectivity index (χ2n) is 5.62. The molecule has 0 spiro atoms. The molecular weight excluding hydrogens is 274 g/mol. The molecule has 4 nitrogen and oxygen atoms in total. The maximum absolute atomic E-state index is 12.2. The van der Waals surface area contributed by atoms with Gasteiger partial charge in [-0.1, -0.05) is 24.3 Å². The molecule has 2 unspecified atom stereocenters. The van der Waals surface area contributed by atoms with Gasteiger partial charge < -0.3 is 4.74 Å². The van der Waals surface area contributed by atoms with Crippen molar-refractivity contribution in [1.82, 2.24) is 4.72 Å². The maximum Gasteiger partial charge on any atom is 0.214 e. The molecule has 1 aliphatic rings. The Hall–Kier alpha value is -0.910. The summed E-state index contributed by atoms with van der Waals surface area (Å²) >= 11 is 0. The maximum atomic E-state index is 12.2. The van der Waals surface area contributed by atoms with Gasteiger partial charge in [0.1, 0.15) is 0 Å². The highest BCUT2D eigenvalue weighted by molar-refractivity contribution is 7.89. The van der Waals surface area contributed by atoms with E-state index in [0.29, 0.717) is 5.92 Å². The highest BCUT2D eigenvalue weighted by Gasteiger charge is 2.35. The Balaban J connectivity index is 2.17. The fraction of sp³-hybridized carbons (Fsp3) is 0.600. The largest absolute Gasteiger partial charge is 0.381 e. The van der Waals surface area contributed by atoms with Gasteiger partial charge in [-0.3, -0.25) is 0 Å². The molecule has 0 bridgehead atoms. The van der Waals surface area contributed by atoms with Gasteiger partial charge in [0, 0.05) is 13.2 Å². The predicted octanol–water partition coefficient (Wildman–Crippen LogP) is 2.40. The summed E-state index contributed by atoms with van der Waals surface area (Å²) < 4.78 is 32.4. The van der Waals surface area contributed by atoms with Crippen molar-refractivity contribution >= 4 is 10.0 Å². The van der Waals surface area contributed by atoms with Crippen LogP contribution in [0.4, 0.5) is 0 Å². The van der Waals surface area contributed by atoms with Crippen molar-refractivity contribution in [2.75, 3.05) is 12.9 Å². The summed E-state index contributed by atoms with van der Waals surface area (Å²) in [7, 11) is -1.81. The van der Waals surface area contributed by atoms with Crippen LogP contribution in [0.25, 0.3) is 0 Å². The molecule has 20 heavy (non-hydrogen) atoms. The fourth-order valence-corrected chi connectivity index (χ4v) is 3.95. The first-order chi connectivity index (χ1) is 9.43. The van der Waals surface area contributed by atoms with Crippen molar-refractivity contribution in [3.8, 4) is 0 Å². The van der Waals surface area contributed by atoms with Crippen LogP contribution in [-0.2, 0) is 14.8 Å². The summed E-state index contributed by atoms with van der Waals surface area (Å²) in [5.74, 6) is 0.419. The normalized spacial score (nSPS) is 18.8. The minimum absolute atomic E-state index is 0.00139. The first-order valence-electron chi connectivity index (χ1n) is 7.01. The standard InChI is InChI=1S/C15H23NO3S/c1-11-6-4-5-7-14(11)15(13-8-9-13)16-20(17,18)10-12(2)19-3/h4-7,12-13,15-16H,8-10H2,1-3H3. The number of ether oxygens (including phenoxy) is 1. The molecule has 2 rings (SSSR count). The Morgan fingerprint density at radius 1 is 1.35 bits per heavy atom. The lowest BCUT2D eigenvalue weighted by Crippen LogP contribution is -2.35. The first kappa shape index (κ1) is 15.5. The number of sulfonamides is 1. The predicted molar refractivity (Wildman–Crippen MR) is 80.0 cm³/mol. The van der Waals surface area contributed by atoms with E-state index in [1.807, 2.05) is 31.2 Å². The third-order valence-electron chi connectivity index (χ3n) is 3.78. The van der Waals surface area contributed by atoms with Gasteiger partial charge in [-0.15, -0.1) is 0 Å². The Labute approximate surface area is 121 Å². The molecule has 0 heterocycles. The van der Waals surface area contributed by atoms with E-state index in [1.54, 1.807) is 6.92 Å². The van der Waals surface area contributed by atoms with E-state index in [2.05, 4.69) is 4.72 Å². The number of rotatable bonds is 7. The van der Waals surface area contributed by atoms with Gasteiger partial charge in [0.05, 0.1) is 11.9 Å². The van der Waals surface area contributed by atoms with Crippen LogP contribution >= 0.6 is 0 Å². The van der Waals surface area contributed by atoms with Gasteiger partial charge in [-0.2, -0.15) is 0 Å². The zero-order valence-corrected chi connectivity index (χ0v) is 13.1. The second kappa shape index (κ2) is 6.24. The lowest BCUT2D eigenvalue weighted by atomic mass is 9.99. The molecule has 1 N–H and O–H groups in total. The van der Waals surface area contributed by atoms with E-state index in [1.165, 1.54) is 7.11 Å². The van der Waals surface area contributed by atoms with Gasteiger partial charge in [-0.25, -0.2) is 13.1 Å². The zero-order chi connectivity index (χ0) is 14.8. The highest BCUT2D eigenvalue weighted by Crippen LogP contribution is 2.42. The summed E-state index contributed by atoms with van der Waals surface area (Å²) in [6.07, 6.45) is 1.87. The molecule has 0 saturated heterocycles. The van der Waals surface area contributed by atoms with E-state index in [4.69, 9.17) is 4.74 Å². The molecule has 1 saturated carbocycles. The lowest BCUT2D eigenvalue weighted by molar-refractivity contribution is 0.136. The fourth-order valence-electron chi connectivity index (χ4n) is 2.40. The first-order valence-corrected chi connectivity index (χ1v) is 8.66. The van der Waals surface area contributed by atoms with E-state index in [0.717, 1.165) is 24.0 Å². The van der Waals surface area contributed by atoms with Crippen molar-refractivity contribution < 1.29 is 13.2 Å².